The van der Waals surface area contributed by atoms with E-state index in [-0.39, 0.29) is 18.1 Å². The molecule has 22 heavy (non-hydrogen) atoms. The van der Waals surface area contributed by atoms with Crippen molar-refractivity contribution in [2.75, 3.05) is 5.32 Å². The largest absolute Gasteiger partial charge is 0.436 e. The summed E-state index contributed by atoms with van der Waals surface area (Å²) in [4.78, 5) is 27.0. The number of nitrogens with zero attached hydrogens (tertiary/aromatic N) is 1. The SMILES string of the molecule is CC(=O)CC(=O)Nc1ccc2oc(-c3ccccc3)nc2c1. The number of fused-ring (bicyclic) bond motifs is 1. The molecule has 0 aliphatic rings. The van der Waals surface area contributed by atoms with Gasteiger partial charge in [0, 0.05) is 11.3 Å². The summed E-state index contributed by atoms with van der Waals surface area (Å²) in [5, 5.41) is 2.67. The molecular weight excluding hydrogens is 280 g/mol. The summed E-state index contributed by atoms with van der Waals surface area (Å²) in [5.74, 6) is 0.0211. The maximum atomic E-state index is 11.6. The smallest absolute Gasteiger partial charge is 0.231 e. The normalized spacial score (nSPS) is 10.6. The van der Waals surface area contributed by atoms with E-state index in [1.165, 1.54) is 6.92 Å². The molecule has 5 heteroatoms. The molecule has 0 saturated heterocycles. The third-order valence-corrected chi connectivity index (χ3v) is 3.10. The van der Waals surface area contributed by atoms with Crippen molar-refractivity contribution in [3.63, 3.8) is 0 Å². The van der Waals surface area contributed by atoms with Crippen molar-refractivity contribution in [2.45, 2.75) is 13.3 Å². The van der Waals surface area contributed by atoms with Crippen LogP contribution in [0.5, 0.6) is 0 Å². The first-order chi connectivity index (χ1) is 10.6. The molecule has 1 heterocycles. The Bertz CT molecular complexity index is 837. The summed E-state index contributed by atoms with van der Waals surface area (Å²) in [6.07, 6.45) is -0.133. The second-order valence-electron chi connectivity index (χ2n) is 4.99. The minimum atomic E-state index is -0.335. The van der Waals surface area contributed by atoms with E-state index in [0.29, 0.717) is 22.7 Å². The second-order valence-corrected chi connectivity index (χ2v) is 4.99. The van der Waals surface area contributed by atoms with Gasteiger partial charge in [-0.25, -0.2) is 4.98 Å². The molecule has 0 aliphatic heterocycles. The van der Waals surface area contributed by atoms with Gasteiger partial charge in [0.2, 0.25) is 11.8 Å². The lowest BCUT2D eigenvalue weighted by atomic mass is 10.2. The highest BCUT2D eigenvalue weighted by Gasteiger charge is 2.10. The van der Waals surface area contributed by atoms with Crippen molar-refractivity contribution in [1.29, 1.82) is 0 Å². The molecule has 110 valence electrons. The number of ketones is 1. The van der Waals surface area contributed by atoms with Gasteiger partial charge >= 0.3 is 0 Å². The average Bonchev–Trinajstić information content (AvgIpc) is 2.90. The van der Waals surface area contributed by atoms with Crippen LogP contribution in [0.15, 0.2) is 52.9 Å². The van der Waals surface area contributed by atoms with Crippen LogP contribution in [0.4, 0.5) is 5.69 Å². The van der Waals surface area contributed by atoms with Crippen LogP contribution >= 0.6 is 0 Å². The van der Waals surface area contributed by atoms with E-state index >= 15 is 0 Å². The number of hydrogen-bond donors (Lipinski definition) is 1. The topological polar surface area (TPSA) is 72.2 Å². The molecule has 0 atom stereocenters. The molecule has 1 aromatic heterocycles. The summed E-state index contributed by atoms with van der Waals surface area (Å²) in [6.45, 7) is 1.38. The number of aromatic nitrogens is 1. The lowest BCUT2D eigenvalue weighted by Crippen LogP contribution is -2.14. The van der Waals surface area contributed by atoms with Crippen molar-refractivity contribution >= 4 is 28.5 Å². The second kappa shape index (κ2) is 5.81. The van der Waals surface area contributed by atoms with Gasteiger partial charge in [0.15, 0.2) is 5.58 Å². The highest BCUT2D eigenvalue weighted by molar-refractivity contribution is 6.04. The van der Waals surface area contributed by atoms with Crippen LogP contribution < -0.4 is 5.32 Å². The molecule has 0 unspecified atom stereocenters. The van der Waals surface area contributed by atoms with Gasteiger partial charge < -0.3 is 9.73 Å². The fraction of sp³-hybridized carbons (Fsp3) is 0.118. The van der Waals surface area contributed by atoms with Crippen molar-refractivity contribution < 1.29 is 14.0 Å². The highest BCUT2D eigenvalue weighted by atomic mass is 16.3. The molecule has 0 aliphatic carbocycles. The number of anilines is 1. The zero-order valence-corrected chi connectivity index (χ0v) is 12.0. The Hall–Kier alpha value is -2.95. The fourth-order valence-electron chi connectivity index (χ4n) is 2.14. The minimum Gasteiger partial charge on any atom is -0.436 e. The quantitative estimate of drug-likeness (QED) is 0.748. The predicted octanol–water partition coefficient (Wildman–Crippen LogP) is 3.41. The van der Waals surface area contributed by atoms with E-state index in [2.05, 4.69) is 10.3 Å². The number of amides is 1. The maximum Gasteiger partial charge on any atom is 0.231 e. The Morgan fingerprint density at radius 3 is 2.64 bits per heavy atom. The lowest BCUT2D eigenvalue weighted by Gasteiger charge is -2.02. The third kappa shape index (κ3) is 3.03. The predicted molar refractivity (Wildman–Crippen MR) is 83.4 cm³/mol. The Labute approximate surface area is 127 Å². The van der Waals surface area contributed by atoms with Gasteiger partial charge in [0.1, 0.15) is 11.3 Å². The zero-order chi connectivity index (χ0) is 15.5. The number of carbonyl (C=O) groups is 2. The van der Waals surface area contributed by atoms with Crippen LogP contribution in [0.1, 0.15) is 13.3 Å². The standard InChI is InChI=1S/C17H14N2O3/c1-11(20)9-16(21)18-13-7-8-15-14(10-13)19-17(22-15)12-5-3-2-4-6-12/h2-8,10H,9H2,1H3,(H,18,21). The van der Waals surface area contributed by atoms with Crippen molar-refractivity contribution in [2.24, 2.45) is 0 Å². The average molecular weight is 294 g/mol. The summed E-state index contributed by atoms with van der Waals surface area (Å²) >= 11 is 0. The van der Waals surface area contributed by atoms with Gasteiger partial charge in [-0.15, -0.1) is 0 Å². The van der Waals surface area contributed by atoms with Crippen LogP contribution in [0.3, 0.4) is 0 Å². The van der Waals surface area contributed by atoms with E-state index in [1.54, 1.807) is 18.2 Å². The molecule has 0 bridgehead atoms. The van der Waals surface area contributed by atoms with Gasteiger partial charge in [0.05, 0.1) is 6.42 Å². The lowest BCUT2D eigenvalue weighted by molar-refractivity contribution is -0.124. The maximum absolute atomic E-state index is 11.6. The molecule has 0 fully saturated rings. The first-order valence-corrected chi connectivity index (χ1v) is 6.87. The summed E-state index contributed by atoms with van der Waals surface area (Å²) < 4.78 is 5.70. The molecule has 0 spiro atoms. The number of nitrogens with one attached hydrogen (secondary N) is 1. The summed E-state index contributed by atoms with van der Waals surface area (Å²) in [6, 6.07) is 14.8. The van der Waals surface area contributed by atoms with Gasteiger partial charge in [-0.1, -0.05) is 18.2 Å². The summed E-state index contributed by atoms with van der Waals surface area (Å²) in [5.41, 5.74) is 2.77. The molecular formula is C17H14N2O3. The third-order valence-electron chi connectivity index (χ3n) is 3.10. The van der Waals surface area contributed by atoms with Gasteiger partial charge in [-0.2, -0.15) is 0 Å². The molecule has 5 nitrogen and oxygen atoms in total. The van der Waals surface area contributed by atoms with E-state index in [9.17, 15) is 9.59 Å². The highest BCUT2D eigenvalue weighted by Crippen LogP contribution is 2.26. The van der Waals surface area contributed by atoms with Gasteiger partial charge in [-0.3, -0.25) is 9.59 Å². The zero-order valence-electron chi connectivity index (χ0n) is 12.0. The number of oxazole rings is 1. The van der Waals surface area contributed by atoms with E-state index < -0.39 is 0 Å². The first-order valence-electron chi connectivity index (χ1n) is 6.87. The molecule has 0 saturated carbocycles. The Balaban J connectivity index is 1.87. The van der Waals surface area contributed by atoms with E-state index in [1.807, 2.05) is 30.3 Å². The number of rotatable bonds is 4. The van der Waals surface area contributed by atoms with Crippen LogP contribution in [0, 0.1) is 0 Å². The van der Waals surface area contributed by atoms with Crippen LogP contribution in [-0.2, 0) is 9.59 Å². The van der Waals surface area contributed by atoms with Gasteiger partial charge in [0.25, 0.3) is 0 Å². The molecule has 1 N–H and O–H groups in total. The fourth-order valence-corrected chi connectivity index (χ4v) is 2.14. The number of benzene rings is 2. The monoisotopic (exact) mass is 294 g/mol. The van der Waals surface area contributed by atoms with Crippen LogP contribution in [0.25, 0.3) is 22.6 Å². The minimum absolute atomic E-state index is 0.133. The molecule has 3 rings (SSSR count). The Morgan fingerprint density at radius 1 is 1.14 bits per heavy atom. The Kier molecular flexibility index (Phi) is 3.70. The molecule has 0 radical (unpaired) electrons. The summed E-state index contributed by atoms with van der Waals surface area (Å²) in [7, 11) is 0. The number of carbonyl (C=O) groups excluding carboxylic acids is 2. The van der Waals surface area contributed by atoms with E-state index in [0.717, 1.165) is 5.56 Å². The number of Topliss-reactive ketones (excluding diaryl/α,β-unsaturated/α-hetero) is 1. The Morgan fingerprint density at radius 2 is 1.91 bits per heavy atom. The van der Waals surface area contributed by atoms with Crippen molar-refractivity contribution in [3.8, 4) is 11.5 Å². The molecule has 1 amide bonds. The van der Waals surface area contributed by atoms with Gasteiger partial charge in [-0.05, 0) is 37.3 Å². The van der Waals surface area contributed by atoms with E-state index in [4.69, 9.17) is 4.42 Å². The number of hydrogen-bond acceptors (Lipinski definition) is 4. The first kappa shape index (κ1) is 14.0. The van der Waals surface area contributed by atoms with Crippen LogP contribution in [0.2, 0.25) is 0 Å². The molecule has 2 aromatic carbocycles. The van der Waals surface area contributed by atoms with Crippen molar-refractivity contribution in [3.05, 3.63) is 48.5 Å². The van der Waals surface area contributed by atoms with Crippen LogP contribution in [-0.4, -0.2) is 16.7 Å². The van der Waals surface area contributed by atoms with Crippen molar-refractivity contribution in [1.82, 2.24) is 4.98 Å². The molecule has 3 aromatic rings.